The summed E-state index contributed by atoms with van der Waals surface area (Å²) in [6.45, 7) is 2.81. The molecule has 1 aliphatic rings. The van der Waals surface area contributed by atoms with Gasteiger partial charge in [0.15, 0.2) is 5.78 Å². The van der Waals surface area contributed by atoms with Gasteiger partial charge in [-0.1, -0.05) is 12.1 Å². The van der Waals surface area contributed by atoms with Crippen LogP contribution in [0.4, 0.5) is 4.39 Å². The Labute approximate surface area is 158 Å². The van der Waals surface area contributed by atoms with Gasteiger partial charge in [0.25, 0.3) is 0 Å². The number of hydrogen-bond donors (Lipinski definition) is 0. The number of rotatable bonds is 5. The highest BCUT2D eigenvalue weighted by Gasteiger charge is 2.28. The molecule has 4 nitrogen and oxygen atoms in total. The van der Waals surface area contributed by atoms with Crippen molar-refractivity contribution in [1.29, 1.82) is 0 Å². The minimum Gasteiger partial charge on any atom is -0.497 e. The molecule has 0 atom stereocenters. The predicted octanol–water partition coefficient (Wildman–Crippen LogP) is 3.81. The van der Waals surface area contributed by atoms with E-state index < -0.39 is 0 Å². The van der Waals surface area contributed by atoms with E-state index in [1.54, 1.807) is 26.2 Å². The number of benzene rings is 2. The second kappa shape index (κ2) is 8.33. The highest BCUT2D eigenvalue weighted by molar-refractivity contribution is 5.98. The third-order valence-corrected chi connectivity index (χ3v) is 5.18. The van der Waals surface area contributed by atoms with Gasteiger partial charge in [-0.3, -0.25) is 9.59 Å². The molecule has 0 radical (unpaired) electrons. The van der Waals surface area contributed by atoms with Crippen molar-refractivity contribution in [2.45, 2.75) is 26.2 Å². The van der Waals surface area contributed by atoms with E-state index in [9.17, 15) is 14.0 Å². The third-order valence-electron chi connectivity index (χ3n) is 5.18. The summed E-state index contributed by atoms with van der Waals surface area (Å²) in [6, 6.07) is 12.0. The lowest BCUT2D eigenvalue weighted by Gasteiger charge is -2.31. The second-order valence-corrected chi connectivity index (χ2v) is 7.01. The van der Waals surface area contributed by atoms with Crippen LogP contribution in [0.2, 0.25) is 0 Å². The van der Waals surface area contributed by atoms with Crippen LogP contribution in [0.25, 0.3) is 0 Å². The number of amides is 1. The summed E-state index contributed by atoms with van der Waals surface area (Å²) >= 11 is 0. The molecule has 1 saturated heterocycles. The van der Waals surface area contributed by atoms with Crippen LogP contribution >= 0.6 is 0 Å². The smallest absolute Gasteiger partial charge is 0.226 e. The Hall–Kier alpha value is -2.69. The number of carbonyl (C=O) groups is 2. The van der Waals surface area contributed by atoms with Crippen molar-refractivity contribution in [2.75, 3.05) is 20.2 Å². The van der Waals surface area contributed by atoms with Crippen molar-refractivity contribution >= 4 is 11.7 Å². The fourth-order valence-corrected chi connectivity index (χ4v) is 3.45. The van der Waals surface area contributed by atoms with Crippen molar-refractivity contribution in [3.8, 4) is 5.75 Å². The van der Waals surface area contributed by atoms with E-state index in [4.69, 9.17) is 4.74 Å². The van der Waals surface area contributed by atoms with Gasteiger partial charge in [-0.25, -0.2) is 4.39 Å². The van der Waals surface area contributed by atoms with Crippen molar-refractivity contribution in [3.05, 3.63) is 65.0 Å². The fourth-order valence-electron chi connectivity index (χ4n) is 3.45. The topological polar surface area (TPSA) is 46.6 Å². The standard InChI is InChI=1S/C22H24FNO3/c1-15-13-18(5-8-20(15)23)22(26)17-9-11-24(12-10-17)21(25)14-16-3-6-19(27-2)7-4-16/h3-8,13,17H,9-12,14H2,1-2H3. The van der Waals surface area contributed by atoms with E-state index in [0.29, 0.717) is 43.5 Å². The lowest BCUT2D eigenvalue weighted by Crippen LogP contribution is -2.41. The molecule has 27 heavy (non-hydrogen) atoms. The Morgan fingerprint density at radius 2 is 1.78 bits per heavy atom. The minimum atomic E-state index is -0.300. The Balaban J connectivity index is 1.55. The molecule has 0 unspecified atom stereocenters. The number of hydrogen-bond acceptors (Lipinski definition) is 3. The van der Waals surface area contributed by atoms with Gasteiger partial charge in [0.2, 0.25) is 5.91 Å². The molecule has 3 rings (SSSR count). The van der Waals surface area contributed by atoms with Crippen LogP contribution in [0.15, 0.2) is 42.5 Å². The van der Waals surface area contributed by atoms with Crippen LogP contribution in [0.1, 0.15) is 34.3 Å². The number of halogens is 1. The summed E-state index contributed by atoms with van der Waals surface area (Å²) in [6.07, 6.45) is 1.63. The van der Waals surface area contributed by atoms with Gasteiger partial charge in [-0.15, -0.1) is 0 Å². The van der Waals surface area contributed by atoms with Gasteiger partial charge in [-0.05, 0) is 61.2 Å². The normalized spacial score (nSPS) is 14.9. The quantitative estimate of drug-likeness (QED) is 0.753. The largest absolute Gasteiger partial charge is 0.497 e. The van der Waals surface area contributed by atoms with Crippen LogP contribution < -0.4 is 4.74 Å². The van der Waals surface area contributed by atoms with Crippen LogP contribution in [0.3, 0.4) is 0 Å². The lowest BCUT2D eigenvalue weighted by atomic mass is 9.88. The predicted molar refractivity (Wildman–Crippen MR) is 101 cm³/mol. The first kappa shape index (κ1) is 19.1. The van der Waals surface area contributed by atoms with Gasteiger partial charge < -0.3 is 9.64 Å². The maximum atomic E-state index is 13.4. The average molecular weight is 369 g/mol. The maximum Gasteiger partial charge on any atom is 0.226 e. The number of methoxy groups -OCH3 is 1. The van der Waals surface area contributed by atoms with Crippen molar-refractivity contribution in [3.63, 3.8) is 0 Å². The number of piperidine rings is 1. The van der Waals surface area contributed by atoms with Crippen molar-refractivity contribution in [2.24, 2.45) is 5.92 Å². The molecular formula is C22H24FNO3. The first-order valence-corrected chi connectivity index (χ1v) is 9.19. The molecule has 0 aromatic heterocycles. The lowest BCUT2D eigenvalue weighted by molar-refractivity contribution is -0.131. The van der Waals surface area contributed by atoms with Crippen LogP contribution in [0.5, 0.6) is 5.75 Å². The van der Waals surface area contributed by atoms with Gasteiger partial charge in [0.1, 0.15) is 11.6 Å². The summed E-state index contributed by atoms with van der Waals surface area (Å²) in [5, 5.41) is 0. The van der Waals surface area contributed by atoms with Gasteiger partial charge >= 0.3 is 0 Å². The van der Waals surface area contributed by atoms with E-state index in [1.165, 1.54) is 6.07 Å². The maximum absolute atomic E-state index is 13.4. The number of nitrogens with zero attached hydrogens (tertiary/aromatic N) is 1. The second-order valence-electron chi connectivity index (χ2n) is 7.01. The molecule has 0 bridgehead atoms. The molecule has 1 aliphatic heterocycles. The molecule has 5 heteroatoms. The van der Waals surface area contributed by atoms with E-state index >= 15 is 0 Å². The molecule has 1 heterocycles. The highest BCUT2D eigenvalue weighted by atomic mass is 19.1. The monoisotopic (exact) mass is 369 g/mol. The number of likely N-dealkylation sites (tertiary alicyclic amines) is 1. The Morgan fingerprint density at radius 3 is 2.37 bits per heavy atom. The zero-order valence-electron chi connectivity index (χ0n) is 15.7. The fraction of sp³-hybridized carbons (Fsp3) is 0.364. The summed E-state index contributed by atoms with van der Waals surface area (Å²) in [4.78, 5) is 27.0. The Morgan fingerprint density at radius 1 is 1.11 bits per heavy atom. The van der Waals surface area contributed by atoms with Crippen LogP contribution in [-0.2, 0) is 11.2 Å². The molecule has 0 aliphatic carbocycles. The zero-order chi connectivity index (χ0) is 19.4. The summed E-state index contributed by atoms with van der Waals surface area (Å²) in [5.41, 5.74) is 1.98. The van der Waals surface area contributed by atoms with Crippen molar-refractivity contribution in [1.82, 2.24) is 4.90 Å². The molecule has 0 spiro atoms. The van der Waals surface area contributed by atoms with E-state index in [-0.39, 0.29) is 23.4 Å². The third kappa shape index (κ3) is 4.54. The first-order chi connectivity index (χ1) is 13.0. The zero-order valence-corrected chi connectivity index (χ0v) is 15.7. The van der Waals surface area contributed by atoms with Crippen LogP contribution in [-0.4, -0.2) is 36.8 Å². The number of carbonyl (C=O) groups excluding carboxylic acids is 2. The Bertz CT molecular complexity index is 824. The summed E-state index contributed by atoms with van der Waals surface area (Å²) in [7, 11) is 1.61. The number of aryl methyl sites for hydroxylation is 1. The minimum absolute atomic E-state index is 0.0420. The Kier molecular flexibility index (Phi) is 5.89. The van der Waals surface area contributed by atoms with Crippen LogP contribution in [0, 0.1) is 18.7 Å². The molecule has 1 fully saturated rings. The van der Waals surface area contributed by atoms with Crippen molar-refractivity contribution < 1.29 is 18.7 Å². The molecule has 0 saturated carbocycles. The van der Waals surface area contributed by atoms with E-state index in [1.807, 2.05) is 29.2 Å². The number of Topliss-reactive ketones (excluding diaryl/α,β-unsaturated/α-hetero) is 1. The summed E-state index contributed by atoms with van der Waals surface area (Å²) < 4.78 is 18.5. The number of ether oxygens (including phenoxy) is 1. The number of ketones is 1. The summed E-state index contributed by atoms with van der Waals surface area (Å²) in [5.74, 6) is 0.469. The SMILES string of the molecule is COc1ccc(CC(=O)N2CCC(C(=O)c3ccc(F)c(C)c3)CC2)cc1. The van der Waals surface area contributed by atoms with E-state index in [0.717, 1.165) is 11.3 Å². The van der Waals surface area contributed by atoms with Gasteiger partial charge in [0, 0.05) is 24.6 Å². The molecule has 2 aromatic rings. The van der Waals surface area contributed by atoms with Gasteiger partial charge in [-0.2, -0.15) is 0 Å². The van der Waals surface area contributed by atoms with E-state index in [2.05, 4.69) is 0 Å². The first-order valence-electron chi connectivity index (χ1n) is 9.19. The molecule has 2 aromatic carbocycles. The molecule has 142 valence electrons. The average Bonchev–Trinajstić information content (AvgIpc) is 2.70. The molecular weight excluding hydrogens is 345 g/mol. The molecule has 1 amide bonds. The highest BCUT2D eigenvalue weighted by Crippen LogP contribution is 2.23. The van der Waals surface area contributed by atoms with Gasteiger partial charge in [0.05, 0.1) is 13.5 Å². The molecule has 0 N–H and O–H groups in total.